The van der Waals surface area contributed by atoms with E-state index in [0.29, 0.717) is 22.9 Å². The molecule has 0 aliphatic heterocycles. The number of benzene rings is 4. The van der Waals surface area contributed by atoms with Crippen LogP contribution >= 0.6 is 0 Å². The molecule has 0 atom stereocenters. The second-order valence-corrected chi connectivity index (χ2v) is 15.7. The zero-order valence-corrected chi connectivity index (χ0v) is 39.9. The first kappa shape index (κ1) is 49.4. The van der Waals surface area contributed by atoms with Crippen LogP contribution in [0.25, 0.3) is 12.2 Å². The third-order valence-corrected chi connectivity index (χ3v) is 10.6. The van der Waals surface area contributed by atoms with Gasteiger partial charge in [0.15, 0.2) is 0 Å². The van der Waals surface area contributed by atoms with E-state index < -0.39 is 53.0 Å². The number of methoxy groups -OCH3 is 2. The summed E-state index contributed by atoms with van der Waals surface area (Å²) in [5.41, 5.74) is 5.43. The summed E-state index contributed by atoms with van der Waals surface area (Å²) < 4.78 is 84.3. The quantitative estimate of drug-likeness (QED) is 0.0375. The number of hydrogen-bond acceptors (Lipinski definition) is 20. The molecular weight excluding hydrogens is 895 g/mol. The van der Waals surface area contributed by atoms with Crippen LogP contribution in [0.2, 0.25) is 0 Å². The van der Waals surface area contributed by atoms with Crippen LogP contribution in [-0.2, 0) is 20.2 Å². The van der Waals surface area contributed by atoms with Gasteiger partial charge in [0.25, 0.3) is 5.62 Å². The number of aliphatic hydroxyl groups is 1. The molecule has 0 amide bonds. The summed E-state index contributed by atoms with van der Waals surface area (Å²) in [5, 5.41) is 23.3. The number of nitrogens with zero attached hydrogens (tertiary/aromatic N) is 5. The number of aromatic nitrogens is 3. The van der Waals surface area contributed by atoms with Gasteiger partial charge >= 0.3 is 59.1 Å². The number of ketones is 2. The van der Waals surface area contributed by atoms with Crippen LogP contribution in [0.4, 0.5) is 34.6 Å². The molecule has 6 N–H and O–H groups in total. The molecule has 2 aliphatic carbocycles. The van der Waals surface area contributed by atoms with E-state index in [-0.39, 0.29) is 123 Å². The van der Waals surface area contributed by atoms with Gasteiger partial charge in [-0.1, -0.05) is 0 Å². The van der Waals surface area contributed by atoms with Gasteiger partial charge in [0.2, 0.25) is 23.5 Å². The van der Waals surface area contributed by atoms with E-state index in [2.05, 4.69) is 51.6 Å². The minimum atomic E-state index is -5.19. The zero-order chi connectivity index (χ0) is 44.2. The van der Waals surface area contributed by atoms with Crippen LogP contribution in [0.5, 0.6) is 11.5 Å². The van der Waals surface area contributed by atoms with Gasteiger partial charge in [0.05, 0.1) is 48.6 Å². The van der Waals surface area contributed by atoms with Crippen molar-refractivity contribution in [2.45, 2.75) is 0 Å². The number of aliphatic hydroxyl groups excluding tert-OH is 1. The first-order valence-electron chi connectivity index (χ1n) is 18.0. The van der Waals surface area contributed by atoms with Crippen molar-refractivity contribution in [2.75, 3.05) is 48.9 Å². The number of hydrazone groups is 2. The molecule has 0 spiro atoms. The van der Waals surface area contributed by atoms with Gasteiger partial charge < -0.3 is 34.3 Å². The van der Waals surface area contributed by atoms with E-state index in [4.69, 9.17) is 9.47 Å². The van der Waals surface area contributed by atoms with Crippen molar-refractivity contribution in [3.05, 3.63) is 123 Å². The van der Waals surface area contributed by atoms with Crippen molar-refractivity contribution in [1.29, 1.82) is 0 Å². The van der Waals surface area contributed by atoms with E-state index in [1.165, 1.54) is 50.6 Å². The Morgan fingerprint density at radius 1 is 0.641 bits per heavy atom. The summed E-state index contributed by atoms with van der Waals surface area (Å²) in [5.74, 6) is -0.554. The second-order valence-electron chi connectivity index (χ2n) is 13.0. The molecule has 25 heteroatoms. The maximum absolute atomic E-state index is 13.5. The topological polar surface area (TPSA) is 314 Å². The Kier molecular flexibility index (Phi) is 16.2. The Balaban J connectivity index is 0.00000385. The molecule has 0 saturated heterocycles. The summed E-state index contributed by atoms with van der Waals surface area (Å²) in [6.45, 7) is -0.407. The summed E-state index contributed by atoms with van der Waals surface area (Å²) in [4.78, 5) is 41.0. The number of carbonyl (C=O) groups excluding carboxylic acids is 2. The Bertz CT molecular complexity index is 2850. The normalized spacial score (nSPS) is 14.5. The van der Waals surface area contributed by atoms with Crippen molar-refractivity contribution in [3.8, 4) is 11.5 Å². The number of anilines is 6. The van der Waals surface area contributed by atoms with E-state index in [9.17, 15) is 40.6 Å². The second kappa shape index (κ2) is 21.0. The van der Waals surface area contributed by atoms with Gasteiger partial charge in [0.1, 0.15) is 43.2 Å². The molecule has 7 rings (SSSR count). The first-order valence-corrected chi connectivity index (χ1v) is 20.8. The monoisotopic (exact) mass is 926 g/mol. The van der Waals surface area contributed by atoms with Crippen LogP contribution in [0, 0.1) is 0 Å². The van der Waals surface area contributed by atoms with E-state index in [0.717, 1.165) is 12.2 Å². The number of carbonyl (C=O) groups is 2. The molecule has 5 aromatic rings. The van der Waals surface area contributed by atoms with Gasteiger partial charge in [-0.25, -0.2) is 21.8 Å². The number of allylic oxidation sites excluding steroid dienone is 2. The Morgan fingerprint density at radius 2 is 1.03 bits per heavy atom. The predicted molar refractivity (Wildman–Crippen MR) is 225 cm³/mol. The molecule has 0 bridgehead atoms. The Labute approximate surface area is 409 Å². The fourth-order valence-corrected chi connectivity index (χ4v) is 7.29. The first-order chi connectivity index (χ1) is 29.6. The van der Waals surface area contributed by atoms with Crippen molar-refractivity contribution >= 4 is 90.0 Å². The number of Topliss-reactive ketones (excluding diaryl/α,β-unsaturated/α-hetero) is 2. The number of rotatable bonds is 14. The van der Waals surface area contributed by atoms with Gasteiger partial charge in [-0.05, 0) is 108 Å². The Hall–Kier alpha value is -5.57. The maximum atomic E-state index is 13.5. The number of fused-ring (bicyclic) bond motifs is 2. The van der Waals surface area contributed by atoms with Crippen LogP contribution in [0.15, 0.2) is 110 Å². The van der Waals surface area contributed by atoms with Gasteiger partial charge in [-0.3, -0.25) is 25.4 Å². The number of aromatic amines is 1. The minimum absolute atomic E-state index is 0. The van der Waals surface area contributed by atoms with Crippen molar-refractivity contribution in [2.24, 2.45) is 15.2 Å². The molecule has 1 heterocycles. The fourth-order valence-electron chi connectivity index (χ4n) is 6.00. The summed E-state index contributed by atoms with van der Waals surface area (Å²) in [6, 6.07) is 21.3. The third kappa shape index (κ3) is 11.6. The van der Waals surface area contributed by atoms with E-state index in [1.54, 1.807) is 48.5 Å². The van der Waals surface area contributed by atoms with Crippen LogP contribution in [-0.4, -0.2) is 96.4 Å². The molecule has 318 valence electrons. The fraction of sp³-hybridized carbons (Fsp3) is 0.103. The van der Waals surface area contributed by atoms with Crippen LogP contribution < -0.4 is 95.7 Å². The summed E-state index contributed by atoms with van der Waals surface area (Å²) in [6.07, 6.45) is 2.06. The van der Waals surface area contributed by atoms with Gasteiger partial charge in [-0.15, -0.1) is 0 Å². The molecule has 2 aliphatic rings. The van der Waals surface area contributed by atoms with Crippen LogP contribution in [0.3, 0.4) is 0 Å². The molecule has 0 fully saturated rings. The molecule has 0 radical (unpaired) electrons. The Morgan fingerprint density at radius 3 is 1.39 bits per heavy atom. The van der Waals surface area contributed by atoms with Crippen molar-refractivity contribution < 1.29 is 109 Å². The standard InChI is InChI=1S/C39H34N10O11S2.2Na/c1-59-27-9-3-23(4-10-27)46-48-33-31(61(53,54)55)19-21-17-25(7-13-29(21)35(33)51)41-38-43-37(40-15-16-50)44-39(45-38)42-26-8-14-30-22(18-26)20-32(62(56,57)58)34(36(30)52)49-47-24-5-11-28(60-2)12-6-24;;/h3-14,17-20,46-47,50H,15-16H2,1-2H3,(H,53,54,55)(H,56,57,58)(H3,40,41,42,43,44,45);;/q;2*+1/p-2/b48-33+,49-34+;;. The average Bonchev–Trinajstić information content (AvgIpc) is 3.24. The molecule has 0 saturated carbocycles. The number of hydrogen-bond donors (Lipinski definition) is 6. The third-order valence-electron chi connectivity index (χ3n) is 8.91. The summed E-state index contributed by atoms with van der Waals surface area (Å²) in [7, 11) is -7.42. The molecule has 4 aromatic carbocycles. The minimum Gasteiger partial charge on any atom is -0.744 e. The summed E-state index contributed by atoms with van der Waals surface area (Å²) >= 11 is 0. The molecular formula is C39H32N10Na2O11S2. The predicted octanol–water partition coefficient (Wildman–Crippen LogP) is -2.69. The average molecular weight is 927 g/mol. The van der Waals surface area contributed by atoms with Gasteiger partial charge in [-0.2, -0.15) is 20.2 Å². The van der Waals surface area contributed by atoms with Gasteiger partial charge in [0, 0.05) is 22.5 Å². The number of ether oxygens (including phenoxy) is 2. The van der Waals surface area contributed by atoms with E-state index in [1.807, 2.05) is 0 Å². The molecule has 21 nitrogen and oxygen atoms in total. The smallest absolute Gasteiger partial charge is 0.744 e. The largest absolute Gasteiger partial charge is 1.00 e. The molecule has 64 heavy (non-hydrogen) atoms. The molecule has 1 aromatic heterocycles. The SMILES string of the molecule is COc1ccc(N/N=C2/C(=O)c3ccc(Nc4nc(=NCCO)nc(Nc5ccc6c(c5)C=C(S(=O)(=O)[O-])/C(=N\Nc5ccc(OC)cc5)C6=O)[nH]4)cc3C=C2S(=O)(=O)[O-])cc1.[Na+].[Na+]. The van der Waals surface area contributed by atoms with E-state index >= 15 is 0 Å². The van der Waals surface area contributed by atoms with Crippen molar-refractivity contribution in [3.63, 3.8) is 0 Å². The number of nitrogens with one attached hydrogen (secondary N) is 5. The molecule has 0 unspecified atom stereocenters. The van der Waals surface area contributed by atoms with Crippen molar-refractivity contribution in [1.82, 2.24) is 15.0 Å². The maximum Gasteiger partial charge on any atom is 1.00 e. The van der Waals surface area contributed by atoms with Crippen LogP contribution in [0.1, 0.15) is 31.8 Å². The number of H-pyrrole nitrogens is 1. The zero-order valence-electron chi connectivity index (χ0n) is 34.2.